The zero-order valence-electron chi connectivity index (χ0n) is 34.5. The molecule has 11 aromatic rings. The van der Waals surface area contributed by atoms with Gasteiger partial charge in [-0.15, -0.1) is 0 Å². The summed E-state index contributed by atoms with van der Waals surface area (Å²) in [6.07, 6.45) is 0. The molecule has 0 amide bonds. The molecule has 0 N–H and O–H groups in total. The second kappa shape index (κ2) is 12.1. The first-order chi connectivity index (χ1) is 29.7. The molecule has 0 saturated carbocycles. The van der Waals surface area contributed by atoms with E-state index in [1.54, 1.807) is 0 Å². The molecule has 2 aromatic heterocycles. The Morgan fingerprint density at radius 3 is 1.69 bits per heavy atom. The van der Waals surface area contributed by atoms with Gasteiger partial charge in [-0.3, -0.25) is 0 Å². The van der Waals surface area contributed by atoms with Crippen molar-refractivity contribution in [1.29, 1.82) is 0 Å². The van der Waals surface area contributed by atoms with Crippen LogP contribution < -0.4 is 4.90 Å². The van der Waals surface area contributed by atoms with E-state index in [0.717, 1.165) is 77.5 Å². The number of nitrogens with zero attached hydrogens (tertiary/aromatic N) is 1. The molecule has 2 aliphatic carbocycles. The van der Waals surface area contributed by atoms with Crippen molar-refractivity contribution in [3.05, 3.63) is 198 Å². The third-order valence-electron chi connectivity index (χ3n) is 14.0. The largest absolute Gasteiger partial charge is 0.456 e. The molecule has 0 radical (unpaired) electrons. The number of fused-ring (bicyclic) bond motifs is 13. The third kappa shape index (κ3) is 4.80. The molecular weight excluding hydrogens is 743 g/mol. The lowest BCUT2D eigenvalue weighted by Crippen LogP contribution is -2.16. The van der Waals surface area contributed by atoms with Gasteiger partial charge in [-0.25, -0.2) is 0 Å². The van der Waals surface area contributed by atoms with E-state index in [9.17, 15) is 0 Å². The molecule has 290 valence electrons. The summed E-state index contributed by atoms with van der Waals surface area (Å²) in [5, 5.41) is 6.76. The first kappa shape index (κ1) is 34.5. The Kier molecular flexibility index (Phi) is 6.85. The minimum absolute atomic E-state index is 0.146. The second-order valence-corrected chi connectivity index (χ2v) is 18.1. The first-order valence-electron chi connectivity index (χ1n) is 21.3. The Bertz CT molecular complexity index is 3670. The van der Waals surface area contributed by atoms with Crippen molar-refractivity contribution >= 4 is 71.7 Å². The van der Waals surface area contributed by atoms with Gasteiger partial charge in [0.05, 0.1) is 0 Å². The van der Waals surface area contributed by atoms with Crippen molar-refractivity contribution in [1.82, 2.24) is 0 Å². The van der Waals surface area contributed by atoms with Crippen LogP contribution in [-0.2, 0) is 10.8 Å². The van der Waals surface area contributed by atoms with Gasteiger partial charge in [-0.05, 0) is 122 Å². The molecule has 2 heterocycles. The number of rotatable bonds is 4. The van der Waals surface area contributed by atoms with Crippen molar-refractivity contribution < 1.29 is 8.83 Å². The molecule has 13 rings (SSSR count). The summed E-state index contributed by atoms with van der Waals surface area (Å²) in [5.74, 6) is 0. The number of benzene rings is 9. The summed E-state index contributed by atoms with van der Waals surface area (Å²) in [5.41, 5.74) is 19.2. The van der Waals surface area contributed by atoms with Crippen LogP contribution in [0.4, 0.5) is 17.1 Å². The van der Waals surface area contributed by atoms with Crippen LogP contribution >= 0.6 is 0 Å². The highest BCUT2D eigenvalue weighted by Gasteiger charge is 2.37. The summed E-state index contributed by atoms with van der Waals surface area (Å²) < 4.78 is 13.6. The van der Waals surface area contributed by atoms with Crippen molar-refractivity contribution in [3.63, 3.8) is 0 Å². The van der Waals surface area contributed by atoms with E-state index in [-0.39, 0.29) is 10.8 Å². The van der Waals surface area contributed by atoms with Crippen LogP contribution in [0.15, 0.2) is 185 Å². The average Bonchev–Trinajstić information content (AvgIpc) is 3.97. The van der Waals surface area contributed by atoms with Gasteiger partial charge in [0.2, 0.25) is 0 Å². The van der Waals surface area contributed by atoms with Crippen LogP contribution in [0, 0.1) is 0 Å². The number of para-hydroxylation sites is 1. The summed E-state index contributed by atoms with van der Waals surface area (Å²) in [6.45, 7) is 9.41. The average molecular weight is 784 g/mol. The molecule has 0 spiro atoms. The number of anilines is 3. The van der Waals surface area contributed by atoms with Crippen molar-refractivity contribution in [2.45, 2.75) is 38.5 Å². The van der Waals surface area contributed by atoms with Gasteiger partial charge in [0.1, 0.15) is 22.3 Å². The van der Waals surface area contributed by atoms with Crippen molar-refractivity contribution in [2.24, 2.45) is 0 Å². The predicted octanol–water partition coefficient (Wildman–Crippen LogP) is 16.4. The first-order valence-corrected chi connectivity index (χ1v) is 21.3. The fourth-order valence-electron chi connectivity index (χ4n) is 10.9. The van der Waals surface area contributed by atoms with Crippen LogP contribution in [0.3, 0.4) is 0 Å². The van der Waals surface area contributed by atoms with Crippen LogP contribution in [0.5, 0.6) is 0 Å². The van der Waals surface area contributed by atoms with E-state index in [2.05, 4.69) is 202 Å². The van der Waals surface area contributed by atoms with Gasteiger partial charge in [0, 0.05) is 61.1 Å². The van der Waals surface area contributed by atoms with E-state index in [0.29, 0.717) is 0 Å². The summed E-state index contributed by atoms with van der Waals surface area (Å²) in [7, 11) is 0. The number of furan rings is 2. The summed E-state index contributed by atoms with van der Waals surface area (Å²) >= 11 is 0. The SMILES string of the molecule is CC1(C)c2ccccc2-c2ccc(-c3cc(N(c4ccc5c(c4)C(C)(C)c4ccccc4-5)c4ccc5c(c4)oc4ccccc45)cc4c3oc3cc5ccccc5cc34)cc21. The maximum absolute atomic E-state index is 7.01. The fourth-order valence-corrected chi connectivity index (χ4v) is 10.9. The highest BCUT2D eigenvalue weighted by atomic mass is 16.3. The molecule has 9 aromatic carbocycles. The molecule has 0 unspecified atom stereocenters. The summed E-state index contributed by atoms with van der Waals surface area (Å²) in [4.78, 5) is 2.42. The van der Waals surface area contributed by atoms with Gasteiger partial charge in [-0.2, -0.15) is 0 Å². The van der Waals surface area contributed by atoms with Gasteiger partial charge in [0.15, 0.2) is 0 Å². The van der Waals surface area contributed by atoms with Crippen LogP contribution in [0.1, 0.15) is 49.9 Å². The standard InChI is InChI=1S/C58H41NO2/c1-57(2)49-18-10-7-15-40(49)42-24-21-36(28-51(42)57)46-30-39(31-48-47-27-34-13-5-6-14-35(34)29-54(47)61-56(46)48)59(38-23-26-45-44-17-9-12-20-53(44)60-55(45)33-38)37-22-25-43-41-16-8-11-19-50(41)58(3,4)52(43)32-37/h5-33H,1-4H3. The van der Waals surface area contributed by atoms with Gasteiger partial charge in [-0.1, -0.05) is 137 Å². The molecular formula is C58H41NO2. The normalized spacial score (nSPS) is 14.5. The number of hydrogen-bond donors (Lipinski definition) is 0. The highest BCUT2D eigenvalue weighted by molar-refractivity contribution is 6.15. The lowest BCUT2D eigenvalue weighted by molar-refractivity contribution is 0.660. The molecule has 3 heteroatoms. The topological polar surface area (TPSA) is 29.5 Å². The second-order valence-electron chi connectivity index (χ2n) is 18.1. The molecule has 61 heavy (non-hydrogen) atoms. The Hall–Kier alpha value is -7.36. The lowest BCUT2D eigenvalue weighted by atomic mass is 9.81. The molecule has 0 aliphatic heterocycles. The smallest absolute Gasteiger partial charge is 0.143 e. The predicted molar refractivity (Wildman–Crippen MR) is 254 cm³/mol. The van der Waals surface area contributed by atoms with E-state index >= 15 is 0 Å². The molecule has 2 aliphatic rings. The van der Waals surface area contributed by atoms with Crippen LogP contribution in [0.25, 0.3) is 88.0 Å². The molecule has 0 bridgehead atoms. The lowest BCUT2D eigenvalue weighted by Gasteiger charge is -2.28. The van der Waals surface area contributed by atoms with E-state index in [4.69, 9.17) is 8.83 Å². The van der Waals surface area contributed by atoms with E-state index in [1.165, 1.54) is 49.9 Å². The maximum atomic E-state index is 7.01. The molecule has 0 fully saturated rings. The zero-order chi connectivity index (χ0) is 40.8. The molecule has 0 atom stereocenters. The molecule has 0 saturated heterocycles. The van der Waals surface area contributed by atoms with E-state index in [1.807, 2.05) is 6.07 Å². The quantitative estimate of drug-likeness (QED) is 0.178. The Morgan fingerprint density at radius 1 is 0.344 bits per heavy atom. The summed E-state index contributed by atoms with van der Waals surface area (Å²) in [6, 6.07) is 64.5. The number of hydrogen-bond acceptors (Lipinski definition) is 3. The maximum Gasteiger partial charge on any atom is 0.143 e. The molecule has 3 nitrogen and oxygen atoms in total. The minimum atomic E-state index is -0.165. The Labute approximate surface area is 354 Å². The zero-order valence-corrected chi connectivity index (χ0v) is 34.5. The highest BCUT2D eigenvalue weighted by Crippen LogP contribution is 2.53. The van der Waals surface area contributed by atoms with Gasteiger partial charge >= 0.3 is 0 Å². The van der Waals surface area contributed by atoms with E-state index < -0.39 is 0 Å². The monoisotopic (exact) mass is 783 g/mol. The van der Waals surface area contributed by atoms with Crippen LogP contribution in [0.2, 0.25) is 0 Å². The van der Waals surface area contributed by atoms with Gasteiger partial charge in [0.25, 0.3) is 0 Å². The Morgan fingerprint density at radius 2 is 0.918 bits per heavy atom. The Balaban J connectivity index is 1.10. The fraction of sp³-hybridized carbons (Fsp3) is 0.103. The van der Waals surface area contributed by atoms with Crippen LogP contribution in [-0.4, -0.2) is 0 Å². The van der Waals surface area contributed by atoms with Gasteiger partial charge < -0.3 is 13.7 Å². The van der Waals surface area contributed by atoms with Crippen molar-refractivity contribution in [3.8, 4) is 33.4 Å². The minimum Gasteiger partial charge on any atom is -0.456 e. The third-order valence-corrected chi connectivity index (χ3v) is 14.0. The van der Waals surface area contributed by atoms with Crippen molar-refractivity contribution in [2.75, 3.05) is 4.90 Å².